The Labute approximate surface area is 88.2 Å². The molecule has 0 saturated carbocycles. The van der Waals surface area contributed by atoms with Crippen LogP contribution < -0.4 is 5.32 Å². The molecule has 0 aliphatic carbocycles. The van der Waals surface area contributed by atoms with Crippen molar-refractivity contribution in [3.05, 3.63) is 27.7 Å². The molecule has 0 aromatic heterocycles. The third-order valence-corrected chi connectivity index (χ3v) is 2.18. The molecule has 0 saturated heterocycles. The minimum atomic E-state index is -2.38. The summed E-state index contributed by atoms with van der Waals surface area (Å²) in [5, 5.41) is 2.96. The van der Waals surface area contributed by atoms with Crippen molar-refractivity contribution in [3.63, 3.8) is 0 Å². The highest BCUT2D eigenvalue weighted by Crippen LogP contribution is 2.25. The molecule has 0 aliphatic rings. The summed E-state index contributed by atoms with van der Waals surface area (Å²) in [7, 11) is 0. The Hall–Kier alpha value is -0.350. The van der Waals surface area contributed by atoms with E-state index < -0.39 is 6.43 Å². The number of halogens is 4. The summed E-state index contributed by atoms with van der Waals surface area (Å²) in [6, 6.07) is 5.03. The molecular formula is C8H7BrClF2N. The topological polar surface area (TPSA) is 12.0 Å². The van der Waals surface area contributed by atoms with Gasteiger partial charge in [0.25, 0.3) is 6.43 Å². The van der Waals surface area contributed by atoms with Crippen LogP contribution in [-0.2, 0) is 0 Å². The normalized spacial score (nSPS) is 10.5. The van der Waals surface area contributed by atoms with Crippen LogP contribution in [0.5, 0.6) is 0 Å². The largest absolute Gasteiger partial charge is 0.378 e. The van der Waals surface area contributed by atoms with Gasteiger partial charge < -0.3 is 5.32 Å². The summed E-state index contributed by atoms with van der Waals surface area (Å²) >= 11 is 8.99. The van der Waals surface area contributed by atoms with Crippen molar-refractivity contribution >= 4 is 33.2 Å². The van der Waals surface area contributed by atoms with Crippen LogP contribution in [0.25, 0.3) is 0 Å². The van der Waals surface area contributed by atoms with Crippen molar-refractivity contribution in [2.45, 2.75) is 6.43 Å². The van der Waals surface area contributed by atoms with Crippen molar-refractivity contribution < 1.29 is 8.78 Å². The summed E-state index contributed by atoms with van der Waals surface area (Å²) in [5.41, 5.74) is 0.519. The van der Waals surface area contributed by atoms with Crippen LogP contribution in [0.3, 0.4) is 0 Å². The fourth-order valence-corrected chi connectivity index (χ4v) is 1.56. The Kier molecular flexibility index (Phi) is 3.93. The number of rotatable bonds is 3. The minimum absolute atomic E-state index is 0.388. The second-order valence-corrected chi connectivity index (χ2v) is 3.72. The first-order valence-corrected chi connectivity index (χ1v) is 4.74. The van der Waals surface area contributed by atoms with Crippen LogP contribution in [0.4, 0.5) is 14.5 Å². The first-order chi connectivity index (χ1) is 6.09. The second-order valence-electron chi connectivity index (χ2n) is 2.40. The molecule has 1 aromatic carbocycles. The molecule has 1 rings (SSSR count). The van der Waals surface area contributed by atoms with Gasteiger partial charge in [-0.3, -0.25) is 0 Å². The highest BCUT2D eigenvalue weighted by atomic mass is 79.9. The van der Waals surface area contributed by atoms with Gasteiger partial charge in [-0.1, -0.05) is 27.5 Å². The van der Waals surface area contributed by atoms with Crippen LogP contribution in [0.15, 0.2) is 22.7 Å². The predicted octanol–water partition coefficient (Wildman–Crippen LogP) is 3.78. The summed E-state index contributed by atoms with van der Waals surface area (Å²) in [4.78, 5) is 0. The zero-order chi connectivity index (χ0) is 9.84. The van der Waals surface area contributed by atoms with E-state index in [0.29, 0.717) is 10.7 Å². The number of hydrogen-bond acceptors (Lipinski definition) is 1. The molecule has 0 aliphatic heterocycles. The fraction of sp³-hybridized carbons (Fsp3) is 0.250. The molecule has 0 amide bonds. The van der Waals surface area contributed by atoms with Crippen molar-refractivity contribution in [2.75, 3.05) is 11.9 Å². The molecule has 0 fully saturated rings. The highest BCUT2D eigenvalue weighted by Gasteiger charge is 2.04. The molecule has 0 heterocycles. The van der Waals surface area contributed by atoms with Crippen molar-refractivity contribution in [2.24, 2.45) is 0 Å². The molecule has 0 unspecified atom stereocenters. The van der Waals surface area contributed by atoms with E-state index in [1.54, 1.807) is 18.2 Å². The third-order valence-electron chi connectivity index (χ3n) is 1.38. The van der Waals surface area contributed by atoms with Crippen LogP contribution >= 0.6 is 27.5 Å². The van der Waals surface area contributed by atoms with Crippen LogP contribution in [-0.4, -0.2) is 13.0 Å². The quantitative estimate of drug-likeness (QED) is 0.881. The lowest BCUT2D eigenvalue weighted by molar-refractivity contribution is 0.163. The molecule has 0 spiro atoms. The summed E-state index contributed by atoms with van der Waals surface area (Å²) < 4.78 is 24.5. The molecule has 1 aromatic rings. The lowest BCUT2D eigenvalue weighted by Crippen LogP contribution is -2.10. The number of hydrogen-bond donors (Lipinski definition) is 1. The van der Waals surface area contributed by atoms with Crippen molar-refractivity contribution in [1.29, 1.82) is 0 Å². The Balaban J connectivity index is 2.67. The van der Waals surface area contributed by atoms with Gasteiger partial charge in [-0.15, -0.1) is 0 Å². The molecular weight excluding hydrogens is 263 g/mol. The maximum absolute atomic E-state index is 11.8. The Morgan fingerprint density at radius 1 is 1.46 bits per heavy atom. The van der Waals surface area contributed by atoms with Crippen LogP contribution in [0.1, 0.15) is 0 Å². The summed E-state index contributed by atoms with van der Waals surface area (Å²) in [6.07, 6.45) is -2.38. The van der Waals surface area contributed by atoms with E-state index in [4.69, 9.17) is 11.6 Å². The van der Waals surface area contributed by atoms with E-state index in [9.17, 15) is 8.78 Å². The Bertz CT molecular complexity index is 293. The molecule has 5 heteroatoms. The molecule has 0 atom stereocenters. The minimum Gasteiger partial charge on any atom is -0.378 e. The van der Waals surface area contributed by atoms with Gasteiger partial charge in [0.2, 0.25) is 0 Å². The third kappa shape index (κ3) is 3.48. The smallest absolute Gasteiger partial charge is 0.255 e. The maximum Gasteiger partial charge on any atom is 0.255 e. The molecule has 0 radical (unpaired) electrons. The van der Waals surface area contributed by atoms with Crippen LogP contribution in [0, 0.1) is 0 Å². The van der Waals surface area contributed by atoms with Crippen molar-refractivity contribution in [3.8, 4) is 0 Å². The first kappa shape index (κ1) is 10.7. The number of alkyl halides is 2. The first-order valence-electron chi connectivity index (χ1n) is 3.56. The van der Waals surface area contributed by atoms with Gasteiger partial charge in [-0.25, -0.2) is 8.78 Å². The van der Waals surface area contributed by atoms with Gasteiger partial charge in [0.05, 0.1) is 17.3 Å². The van der Waals surface area contributed by atoms with Crippen molar-refractivity contribution in [1.82, 2.24) is 0 Å². The zero-order valence-corrected chi connectivity index (χ0v) is 8.87. The van der Waals surface area contributed by atoms with Gasteiger partial charge >= 0.3 is 0 Å². The monoisotopic (exact) mass is 269 g/mol. The summed E-state index contributed by atoms with van der Waals surface area (Å²) in [5.74, 6) is 0. The van der Waals surface area contributed by atoms with E-state index in [-0.39, 0.29) is 6.54 Å². The second kappa shape index (κ2) is 4.77. The molecule has 1 nitrogen and oxygen atoms in total. The number of benzene rings is 1. The lowest BCUT2D eigenvalue weighted by Gasteiger charge is -2.07. The van der Waals surface area contributed by atoms with Gasteiger partial charge in [0, 0.05) is 4.47 Å². The molecule has 0 bridgehead atoms. The van der Waals surface area contributed by atoms with E-state index in [1.165, 1.54) is 0 Å². The van der Waals surface area contributed by atoms with E-state index in [1.807, 2.05) is 0 Å². The lowest BCUT2D eigenvalue weighted by atomic mass is 10.3. The SMILES string of the molecule is FC(F)CNc1ccc(Br)cc1Cl. The highest BCUT2D eigenvalue weighted by molar-refractivity contribution is 9.10. The van der Waals surface area contributed by atoms with Gasteiger partial charge in [-0.05, 0) is 18.2 Å². The van der Waals surface area contributed by atoms with Gasteiger partial charge in [-0.2, -0.15) is 0 Å². The molecule has 1 N–H and O–H groups in total. The maximum atomic E-state index is 11.8. The average molecular weight is 271 g/mol. The Morgan fingerprint density at radius 3 is 2.69 bits per heavy atom. The Morgan fingerprint density at radius 2 is 2.15 bits per heavy atom. The summed E-state index contributed by atoms with van der Waals surface area (Å²) in [6.45, 7) is -0.388. The predicted molar refractivity (Wildman–Crippen MR) is 53.6 cm³/mol. The van der Waals surface area contributed by atoms with Gasteiger partial charge in [0.1, 0.15) is 0 Å². The standard InChI is InChI=1S/C8H7BrClF2N/c9-5-1-2-7(6(10)3-5)13-4-8(11)12/h1-3,8,13H,4H2. The molecule has 72 valence electrons. The number of nitrogens with one attached hydrogen (secondary N) is 1. The van der Waals surface area contributed by atoms with Gasteiger partial charge in [0.15, 0.2) is 0 Å². The number of anilines is 1. The van der Waals surface area contributed by atoms with E-state index >= 15 is 0 Å². The average Bonchev–Trinajstić information content (AvgIpc) is 2.02. The molecule has 13 heavy (non-hydrogen) atoms. The van der Waals surface area contributed by atoms with E-state index in [2.05, 4.69) is 21.2 Å². The zero-order valence-electron chi connectivity index (χ0n) is 6.53. The van der Waals surface area contributed by atoms with Crippen LogP contribution in [0.2, 0.25) is 5.02 Å². The fourth-order valence-electron chi connectivity index (χ4n) is 0.820. The van der Waals surface area contributed by atoms with E-state index in [0.717, 1.165) is 4.47 Å².